The molecule has 4 aliphatic carbocycles. The number of imide groups is 6. The quantitative estimate of drug-likeness (QED) is 0.0120. The topological polar surface area (TPSA) is 733 Å². The minimum absolute atomic E-state index is 0. The molecule has 0 saturated heterocycles. The van der Waals surface area contributed by atoms with Crippen molar-refractivity contribution in [3.8, 4) is 0 Å². The predicted molar refractivity (Wildman–Crippen MR) is 524 cm³/mol. The third-order valence-electron chi connectivity index (χ3n) is 21.0. The Hall–Kier alpha value is -8.35. The van der Waals surface area contributed by atoms with Crippen LogP contribution in [0.5, 0.6) is 0 Å². The van der Waals surface area contributed by atoms with Crippen molar-refractivity contribution in [1.82, 2.24) is 29.4 Å². The van der Waals surface area contributed by atoms with Crippen LogP contribution in [0.25, 0.3) is 22.9 Å². The molecule has 52 heteroatoms. The van der Waals surface area contributed by atoms with Crippen molar-refractivity contribution in [2.45, 2.75) is 281 Å². The van der Waals surface area contributed by atoms with E-state index in [2.05, 4.69) is 27.7 Å². The van der Waals surface area contributed by atoms with E-state index in [-0.39, 0.29) is 176 Å². The van der Waals surface area contributed by atoms with Gasteiger partial charge >= 0.3 is 172 Å². The van der Waals surface area contributed by atoms with Crippen LogP contribution in [0.1, 0.15) is 257 Å². The molecule has 4 saturated carbocycles. The summed E-state index contributed by atoms with van der Waals surface area (Å²) in [6.07, 6.45) is 46.7. The number of carboxylic acid groups (broad SMARTS) is 10. The molecule has 0 aromatic rings. The van der Waals surface area contributed by atoms with Gasteiger partial charge in [-0.15, -0.1) is 0 Å². The zero-order valence-corrected chi connectivity index (χ0v) is 93.8. The maximum Gasteiger partial charge on any atom is 2.00 e. The van der Waals surface area contributed by atoms with Crippen LogP contribution in [0.4, 0.5) is 0 Å². The van der Waals surface area contributed by atoms with Crippen LogP contribution in [0, 0.1) is 51.4 Å². The van der Waals surface area contributed by atoms with Gasteiger partial charge in [-0.1, -0.05) is 141 Å². The number of unbranched alkanes of at least 4 members (excludes halogenated alkanes) is 12. The molecule has 0 bridgehead atoms. The number of aliphatic carboxylic acids is 10. The minimum Gasteiger partial charge on any atom is 2.00 e. The number of nitrogens with zero attached hydrogens (tertiary/aromatic N) is 6. The predicted octanol–water partition coefficient (Wildman–Crippen LogP) is 13.3. The molecule has 4 fully saturated rings. The summed E-state index contributed by atoms with van der Waals surface area (Å²) in [6, 6.07) is 0.569. The second-order valence-corrected chi connectivity index (χ2v) is 38.7. The molecule has 0 unspecified atom stereocenters. The van der Waals surface area contributed by atoms with Gasteiger partial charge in [-0.3, -0.25) is 116 Å². The van der Waals surface area contributed by atoms with Gasteiger partial charge in [0.25, 0.3) is 70.9 Å². The number of rotatable bonds is 36. The SMILES string of the molecule is CO.CO.O=C(O)C(=O)O.O=C(O)C(=O)O.O=C(O)CCCCCN1C(=O)C=CC1=O.O=C(O)CCCCCN1C(=O)C=CC1=O.O=C(O)CCCCCN1C(=O)C=CC1=O.O=C(O)CCCCCN1C(=O)C=CC1=O.O=C(O)CCCCCN1C(=O)C=CC1=O.O=C(O)CCCCCN1C(=O)C=CC1=O.[CH2-][C@@H]1CCCC[C@H]1[NH-].[CH2-][C@@H]1CCCC[C@H]1[NH-].[CH2-][C@@H]1CCCC[C@H]1[NH-].[CH2-][C@@H]1CCCC[C@H]1[NH-].[Cl][Pt+2][Cl].[Cl][Pt+2][Cl].[Pt+2].[Pt+2]. The molecule has 16 N–H and O–H groups in total. The molecule has 0 aromatic heterocycles. The molecule has 12 amide bonds. The van der Waals surface area contributed by atoms with Crippen molar-refractivity contribution in [1.29, 1.82) is 0 Å². The Bertz CT molecular complexity index is 3360. The van der Waals surface area contributed by atoms with E-state index in [0.717, 1.165) is 39.9 Å². The Labute approximate surface area is 914 Å². The van der Waals surface area contributed by atoms with Gasteiger partial charge < -0.3 is 112 Å². The van der Waals surface area contributed by atoms with Crippen molar-refractivity contribution >= 4 is 168 Å². The van der Waals surface area contributed by atoms with Crippen molar-refractivity contribution < 1.29 is 242 Å². The van der Waals surface area contributed by atoms with E-state index in [1.165, 1.54) is 179 Å². The maximum absolute atomic E-state index is 11.1. The number of carbonyl (C=O) groups excluding carboxylic acids is 12. The van der Waals surface area contributed by atoms with Gasteiger partial charge in [-0.25, -0.2) is 19.2 Å². The molecule has 10 aliphatic rings. The maximum atomic E-state index is 11.1. The molecule has 840 valence electrons. The fourth-order valence-electron chi connectivity index (χ4n) is 13.1. The zero-order valence-electron chi connectivity index (χ0n) is 81.7. The fourth-order valence-corrected chi connectivity index (χ4v) is 13.1. The van der Waals surface area contributed by atoms with E-state index in [4.69, 9.17) is 141 Å². The van der Waals surface area contributed by atoms with Crippen molar-refractivity contribution in [3.63, 3.8) is 0 Å². The Morgan fingerprint density at radius 2 is 0.342 bits per heavy atom. The van der Waals surface area contributed by atoms with Gasteiger partial charge in [0.15, 0.2) is 0 Å². The van der Waals surface area contributed by atoms with Crippen molar-refractivity contribution in [2.75, 3.05) is 53.5 Å². The smallest absolute Gasteiger partial charge is 2.00 e. The average Bonchev–Trinajstić information content (AvgIpc) is 1.77. The van der Waals surface area contributed by atoms with Crippen LogP contribution in [0.2, 0.25) is 0 Å². The van der Waals surface area contributed by atoms with Crippen LogP contribution in [-0.4, -0.2) is 299 Å². The number of aliphatic hydroxyl groups is 2. The molecule has 146 heavy (non-hydrogen) atoms. The molecule has 0 radical (unpaired) electrons. The summed E-state index contributed by atoms with van der Waals surface area (Å²) < 4.78 is 0. The van der Waals surface area contributed by atoms with Crippen LogP contribution in [0.15, 0.2) is 72.9 Å². The molecule has 6 heterocycles. The first-order valence-corrected chi connectivity index (χ1v) is 57.4. The molecular weight excluding hydrogens is 2740 g/mol. The molecular formula is C94H142Cl4N10O34Pt4. The summed E-state index contributed by atoms with van der Waals surface area (Å²) in [5, 5.41) is 93.8. The number of halogens is 4. The number of aliphatic hydroxyl groups excluding tert-OH is 2. The zero-order chi connectivity index (χ0) is 111. The summed E-state index contributed by atoms with van der Waals surface area (Å²) in [5.74, 6) is -13.9. The summed E-state index contributed by atoms with van der Waals surface area (Å²) in [4.78, 5) is 238. The van der Waals surface area contributed by atoms with Crippen LogP contribution in [-0.2, 0) is 181 Å². The minimum atomic E-state index is -1.82. The van der Waals surface area contributed by atoms with Crippen LogP contribution < -0.4 is 0 Å². The van der Waals surface area contributed by atoms with E-state index in [1.54, 1.807) is 0 Å². The molecule has 44 nitrogen and oxygen atoms in total. The van der Waals surface area contributed by atoms with E-state index in [1.807, 2.05) is 0 Å². The van der Waals surface area contributed by atoms with E-state index in [9.17, 15) is 86.3 Å². The first-order chi connectivity index (χ1) is 68.0. The monoisotopic (exact) mass is 2870 g/mol. The van der Waals surface area contributed by atoms with Gasteiger partial charge in [0.05, 0.1) is 0 Å². The third-order valence-corrected chi connectivity index (χ3v) is 21.0. The Balaban J connectivity index is -0.000000237. The first-order valence-electron chi connectivity index (χ1n) is 46.2. The number of hydrogen-bond donors (Lipinski definition) is 12. The average molecular weight is 2880 g/mol. The van der Waals surface area contributed by atoms with E-state index >= 15 is 0 Å². The first kappa shape index (κ1) is 153. The molecule has 0 aromatic carbocycles. The summed E-state index contributed by atoms with van der Waals surface area (Å²) in [7, 11) is 21.5. The van der Waals surface area contributed by atoms with Gasteiger partial charge in [0.2, 0.25) is 0 Å². The summed E-state index contributed by atoms with van der Waals surface area (Å²) in [6.45, 7) is 17.8. The van der Waals surface area contributed by atoms with Crippen molar-refractivity contribution in [2.24, 2.45) is 23.7 Å². The van der Waals surface area contributed by atoms with E-state index < -0.39 is 92.7 Å². The summed E-state index contributed by atoms with van der Waals surface area (Å²) >= 11 is -0.944. The number of nitrogens with one attached hydrogen (secondary N) is 4. The largest absolute Gasteiger partial charge is 2.00 e. The summed E-state index contributed by atoms with van der Waals surface area (Å²) in [5.41, 5.74) is 29.7. The standard InChI is InChI=1S/6C10H13NO4.4C7H13N.2C2H2O4.2CH4O.4ClH.4Pt/c6*12-8-5-6-9(13)11(8)7-3-1-2-4-10(14)15;4*1-6-4-2-3-5-7(6)8;2*3-1(4)2(5)6;2*1-2;;;;;;;;/h6*5-6H,1-4,7H2,(H,14,15);4*6-8H,1-5H2;2*(H,3,4)(H,5,6);2*2H,1H3;4*1H;;;;/q;;;;;;4*-2;;;;;;;;;2*+2;2*+4/p-4/t;;;;;;4*6-,7-;;;;;;;;;;;;/m......1111............/s1. The fraction of sp³-hybridized carbons (Fsp3) is 0.596. The van der Waals surface area contributed by atoms with Gasteiger partial charge in [0, 0.05) is 165 Å². The molecule has 10 rings (SSSR count). The second kappa shape index (κ2) is 98.7. The van der Waals surface area contributed by atoms with E-state index in [0.29, 0.717) is 179 Å². The second-order valence-electron chi connectivity index (χ2n) is 32.1. The number of carboxylic acids is 10. The van der Waals surface area contributed by atoms with Crippen LogP contribution >= 0.6 is 37.7 Å². The number of carbonyl (C=O) groups is 22. The third kappa shape index (κ3) is 85.5. The Kier molecular flexibility index (Phi) is 103. The molecule has 0 spiro atoms. The van der Waals surface area contributed by atoms with Gasteiger partial charge in [-0.05, 0) is 77.0 Å². The Morgan fingerprint density at radius 3 is 0.418 bits per heavy atom. The Morgan fingerprint density at radius 1 is 0.240 bits per heavy atom. The van der Waals surface area contributed by atoms with Gasteiger partial charge in [-0.2, -0.15) is 47.8 Å². The number of amides is 12. The van der Waals surface area contributed by atoms with Gasteiger partial charge in [0.1, 0.15) is 0 Å². The normalized spacial score (nSPS) is 19.0. The van der Waals surface area contributed by atoms with Crippen molar-refractivity contribution in [3.05, 3.63) is 124 Å². The molecule has 8 atom stereocenters. The van der Waals surface area contributed by atoms with Crippen LogP contribution in [0.3, 0.4) is 0 Å². The molecule has 6 aliphatic heterocycles. The number of hydrogen-bond acceptors (Lipinski definition) is 24.